The lowest BCUT2D eigenvalue weighted by Crippen LogP contribution is -2.38. The first-order valence-corrected chi connectivity index (χ1v) is 8.44. The first kappa shape index (κ1) is 18.4. The molecule has 1 amide bonds. The Hall–Kier alpha value is -2.35. The summed E-state index contributed by atoms with van der Waals surface area (Å²) in [6.07, 6.45) is -4.48. The normalized spacial score (nSPS) is 11.8. The first-order valence-electron chi connectivity index (χ1n) is 7.64. The van der Waals surface area contributed by atoms with Crippen molar-refractivity contribution >= 4 is 38.6 Å². The van der Waals surface area contributed by atoms with Crippen molar-refractivity contribution in [1.82, 2.24) is 4.98 Å². The number of hydrogen-bond acceptors (Lipinski definition) is 3. The molecule has 0 aliphatic carbocycles. The standard InChI is InChI=1S/C18H14BrF3N2O2/c1-10-7-13(24(2)17(25)18(20,21)22)9-14-16(10)26-15(23-14)8-11-3-5-12(19)6-4-11/h3-7,9H,8H2,1-2H3. The Balaban J connectivity index is 1.93. The molecule has 0 unspecified atom stereocenters. The van der Waals surface area contributed by atoms with Crippen molar-refractivity contribution in [3.63, 3.8) is 0 Å². The maximum atomic E-state index is 12.6. The second kappa shape index (κ2) is 6.75. The van der Waals surface area contributed by atoms with Gasteiger partial charge < -0.3 is 9.32 Å². The summed E-state index contributed by atoms with van der Waals surface area (Å²) in [6, 6.07) is 10.5. The van der Waals surface area contributed by atoms with Gasteiger partial charge in [-0.2, -0.15) is 13.2 Å². The molecular weight excluding hydrogens is 413 g/mol. The third kappa shape index (κ3) is 3.75. The number of aromatic nitrogens is 1. The average Bonchev–Trinajstić information content (AvgIpc) is 2.98. The van der Waals surface area contributed by atoms with Crippen LogP contribution >= 0.6 is 15.9 Å². The molecule has 0 atom stereocenters. The number of rotatable bonds is 3. The van der Waals surface area contributed by atoms with Crippen LogP contribution in [0.2, 0.25) is 0 Å². The van der Waals surface area contributed by atoms with Gasteiger partial charge in [0, 0.05) is 23.6 Å². The minimum absolute atomic E-state index is 0.112. The zero-order valence-electron chi connectivity index (χ0n) is 13.9. The molecule has 2 aromatic carbocycles. The molecular formula is C18H14BrF3N2O2. The fraction of sp³-hybridized carbons (Fsp3) is 0.222. The van der Waals surface area contributed by atoms with E-state index in [2.05, 4.69) is 20.9 Å². The van der Waals surface area contributed by atoms with Gasteiger partial charge in [-0.1, -0.05) is 28.1 Å². The minimum Gasteiger partial charge on any atom is -0.440 e. The number of aryl methyl sites for hydroxylation is 1. The van der Waals surface area contributed by atoms with Gasteiger partial charge in [0.15, 0.2) is 11.5 Å². The monoisotopic (exact) mass is 426 g/mol. The number of anilines is 1. The number of benzene rings is 2. The average molecular weight is 427 g/mol. The van der Waals surface area contributed by atoms with E-state index < -0.39 is 12.1 Å². The van der Waals surface area contributed by atoms with Crippen LogP contribution in [0.4, 0.5) is 18.9 Å². The second-order valence-corrected chi connectivity index (χ2v) is 6.80. The van der Waals surface area contributed by atoms with Crippen LogP contribution in [0.1, 0.15) is 17.0 Å². The van der Waals surface area contributed by atoms with Gasteiger partial charge in [-0.3, -0.25) is 4.79 Å². The number of hydrogen-bond donors (Lipinski definition) is 0. The topological polar surface area (TPSA) is 46.3 Å². The highest BCUT2D eigenvalue weighted by Crippen LogP contribution is 2.29. The molecule has 26 heavy (non-hydrogen) atoms. The molecule has 0 fully saturated rings. The molecule has 0 saturated heterocycles. The molecule has 4 nitrogen and oxygen atoms in total. The zero-order valence-corrected chi connectivity index (χ0v) is 15.5. The van der Waals surface area contributed by atoms with Gasteiger partial charge >= 0.3 is 12.1 Å². The van der Waals surface area contributed by atoms with Crippen LogP contribution < -0.4 is 4.90 Å². The summed E-state index contributed by atoms with van der Waals surface area (Å²) in [5.41, 5.74) is 2.61. The van der Waals surface area contributed by atoms with Crippen LogP contribution in [0.3, 0.4) is 0 Å². The Labute approximate surface area is 155 Å². The SMILES string of the molecule is Cc1cc(N(C)C(=O)C(F)(F)F)cc2nc(Cc3ccc(Br)cc3)oc12. The van der Waals surface area contributed by atoms with Gasteiger partial charge in [0.1, 0.15) is 5.52 Å². The minimum atomic E-state index is -4.94. The van der Waals surface area contributed by atoms with E-state index in [4.69, 9.17) is 4.42 Å². The van der Waals surface area contributed by atoms with Crippen LogP contribution in [0.15, 0.2) is 45.3 Å². The molecule has 0 saturated carbocycles. The predicted molar refractivity (Wildman–Crippen MR) is 95.2 cm³/mol. The number of nitrogens with zero attached hydrogens (tertiary/aromatic N) is 2. The Morgan fingerprint density at radius 3 is 2.50 bits per heavy atom. The molecule has 0 aliphatic rings. The Morgan fingerprint density at radius 2 is 1.88 bits per heavy atom. The molecule has 0 radical (unpaired) electrons. The summed E-state index contributed by atoms with van der Waals surface area (Å²) in [6.45, 7) is 1.70. The maximum absolute atomic E-state index is 12.6. The van der Waals surface area contributed by atoms with Gasteiger partial charge in [-0.25, -0.2) is 4.98 Å². The highest BCUT2D eigenvalue weighted by molar-refractivity contribution is 9.10. The van der Waals surface area contributed by atoms with Crippen LogP contribution in [0.25, 0.3) is 11.1 Å². The molecule has 8 heteroatoms. The molecule has 1 heterocycles. The summed E-state index contributed by atoms with van der Waals surface area (Å²) < 4.78 is 44.6. The van der Waals surface area contributed by atoms with Crippen molar-refractivity contribution in [3.05, 3.63) is 57.9 Å². The summed E-state index contributed by atoms with van der Waals surface area (Å²) in [4.78, 5) is 16.4. The predicted octanol–water partition coefficient (Wildman–Crippen LogP) is 5.01. The van der Waals surface area contributed by atoms with E-state index >= 15 is 0 Å². The molecule has 3 rings (SSSR count). The first-order chi connectivity index (χ1) is 12.1. The smallest absolute Gasteiger partial charge is 0.440 e. The van der Waals surface area contributed by atoms with Crippen molar-refractivity contribution in [3.8, 4) is 0 Å². The molecule has 0 bridgehead atoms. The number of amides is 1. The van der Waals surface area contributed by atoms with Crippen molar-refractivity contribution in [2.24, 2.45) is 0 Å². The zero-order chi connectivity index (χ0) is 19.1. The van der Waals surface area contributed by atoms with Gasteiger partial charge in [0.2, 0.25) is 0 Å². The molecule has 0 spiro atoms. The number of carbonyl (C=O) groups excluding carboxylic acids is 1. The van der Waals surface area contributed by atoms with Gasteiger partial charge in [-0.15, -0.1) is 0 Å². The van der Waals surface area contributed by atoms with Crippen molar-refractivity contribution in [1.29, 1.82) is 0 Å². The molecule has 1 aromatic heterocycles. The third-order valence-electron chi connectivity index (χ3n) is 3.91. The third-order valence-corrected chi connectivity index (χ3v) is 4.44. The van der Waals surface area contributed by atoms with Crippen LogP contribution in [-0.2, 0) is 11.2 Å². The number of fused-ring (bicyclic) bond motifs is 1. The highest BCUT2D eigenvalue weighted by Gasteiger charge is 2.41. The Bertz CT molecular complexity index is 965. The van der Waals surface area contributed by atoms with Crippen LogP contribution in [-0.4, -0.2) is 24.1 Å². The lowest BCUT2D eigenvalue weighted by molar-refractivity contribution is -0.170. The molecule has 0 N–H and O–H groups in total. The Kier molecular flexibility index (Phi) is 4.79. The highest BCUT2D eigenvalue weighted by atomic mass is 79.9. The quantitative estimate of drug-likeness (QED) is 0.590. The largest absolute Gasteiger partial charge is 0.471 e. The number of alkyl halides is 3. The van der Waals surface area contributed by atoms with E-state index in [-0.39, 0.29) is 5.69 Å². The van der Waals surface area contributed by atoms with Gasteiger partial charge in [-0.05, 0) is 42.3 Å². The van der Waals surface area contributed by atoms with Crippen molar-refractivity contribution in [2.75, 3.05) is 11.9 Å². The lowest BCUT2D eigenvalue weighted by Gasteiger charge is -2.19. The van der Waals surface area contributed by atoms with Crippen LogP contribution in [0, 0.1) is 6.92 Å². The molecule has 3 aromatic rings. The molecule has 136 valence electrons. The second-order valence-electron chi connectivity index (χ2n) is 5.88. The summed E-state index contributed by atoms with van der Waals surface area (Å²) in [5, 5.41) is 0. The van der Waals surface area contributed by atoms with Crippen molar-refractivity contribution < 1.29 is 22.4 Å². The van der Waals surface area contributed by atoms with E-state index in [9.17, 15) is 18.0 Å². The molecule has 0 aliphatic heterocycles. The van der Waals surface area contributed by atoms with Crippen LogP contribution in [0.5, 0.6) is 0 Å². The number of halogens is 4. The van der Waals surface area contributed by atoms with Gasteiger partial charge in [0.05, 0.1) is 0 Å². The number of oxazole rings is 1. The van der Waals surface area contributed by atoms with E-state index in [0.29, 0.717) is 33.9 Å². The maximum Gasteiger partial charge on any atom is 0.471 e. The van der Waals surface area contributed by atoms with E-state index in [1.54, 1.807) is 6.92 Å². The lowest BCUT2D eigenvalue weighted by atomic mass is 10.1. The summed E-state index contributed by atoms with van der Waals surface area (Å²) in [5.74, 6) is -1.48. The van der Waals surface area contributed by atoms with E-state index in [1.807, 2.05) is 24.3 Å². The summed E-state index contributed by atoms with van der Waals surface area (Å²) >= 11 is 3.36. The fourth-order valence-electron chi connectivity index (χ4n) is 2.58. The summed E-state index contributed by atoms with van der Waals surface area (Å²) in [7, 11) is 1.08. The fourth-order valence-corrected chi connectivity index (χ4v) is 2.85. The van der Waals surface area contributed by atoms with E-state index in [1.165, 1.54) is 12.1 Å². The van der Waals surface area contributed by atoms with E-state index in [0.717, 1.165) is 17.1 Å². The van der Waals surface area contributed by atoms with Crippen molar-refractivity contribution in [2.45, 2.75) is 19.5 Å². The number of carbonyl (C=O) groups is 1. The van der Waals surface area contributed by atoms with Gasteiger partial charge in [0.25, 0.3) is 0 Å². The Morgan fingerprint density at radius 1 is 1.23 bits per heavy atom.